The van der Waals surface area contributed by atoms with Gasteiger partial charge in [0, 0.05) is 11.1 Å². The molecule has 1 aliphatic rings. The van der Waals surface area contributed by atoms with Crippen LogP contribution in [0.4, 0.5) is 10.1 Å². The van der Waals surface area contributed by atoms with Crippen LogP contribution in [0.2, 0.25) is 0 Å². The van der Waals surface area contributed by atoms with Crippen molar-refractivity contribution in [2.75, 3.05) is 4.90 Å². The summed E-state index contributed by atoms with van der Waals surface area (Å²) in [6.45, 7) is 0.356. The number of carbonyl (C=O) groups excluding carboxylic acids is 1. The zero-order valence-corrected chi connectivity index (χ0v) is 13.0. The Morgan fingerprint density at radius 2 is 1.38 bits per heavy atom. The number of alkyl halides is 1. The maximum Gasteiger partial charge on any atom is 0.274 e. The van der Waals surface area contributed by atoms with Gasteiger partial charge in [-0.1, -0.05) is 78.9 Å². The van der Waals surface area contributed by atoms with E-state index in [2.05, 4.69) is 0 Å². The topological polar surface area (TPSA) is 20.3 Å². The van der Waals surface area contributed by atoms with Crippen molar-refractivity contribution in [2.24, 2.45) is 0 Å². The van der Waals surface area contributed by atoms with Crippen LogP contribution < -0.4 is 4.90 Å². The van der Waals surface area contributed by atoms with Crippen molar-refractivity contribution < 1.29 is 9.18 Å². The van der Waals surface area contributed by atoms with E-state index in [-0.39, 0.29) is 0 Å². The summed E-state index contributed by atoms with van der Waals surface area (Å²) in [5.41, 5.74) is 0.262. The molecule has 118 valence electrons. The standard InChI is InChI=1S/C21H16FNO/c22-21(17-11-5-2-6-12-17)18-13-7-8-14-19(18)23(20(21)24)15-16-9-3-1-4-10-16/h1-14H,15H2. The highest BCUT2D eigenvalue weighted by atomic mass is 19.1. The SMILES string of the molecule is O=C1N(Cc2ccccc2)c2ccccc2C1(F)c1ccccc1. The first-order valence-electron chi connectivity index (χ1n) is 7.91. The number of nitrogens with zero attached hydrogens (tertiary/aromatic N) is 1. The Labute approximate surface area is 140 Å². The molecule has 2 nitrogen and oxygen atoms in total. The van der Waals surface area contributed by atoms with E-state index >= 15 is 4.39 Å². The molecule has 24 heavy (non-hydrogen) atoms. The third-order valence-corrected chi connectivity index (χ3v) is 4.46. The van der Waals surface area contributed by atoms with Crippen molar-refractivity contribution in [3.8, 4) is 0 Å². The molecule has 3 aromatic carbocycles. The minimum Gasteiger partial charge on any atom is -0.304 e. The monoisotopic (exact) mass is 317 g/mol. The lowest BCUT2D eigenvalue weighted by Gasteiger charge is -2.21. The van der Waals surface area contributed by atoms with Crippen molar-refractivity contribution >= 4 is 11.6 Å². The van der Waals surface area contributed by atoms with Gasteiger partial charge < -0.3 is 4.90 Å². The third-order valence-electron chi connectivity index (χ3n) is 4.46. The minimum absolute atomic E-state index is 0.356. The summed E-state index contributed by atoms with van der Waals surface area (Å²) in [5.74, 6) is -0.529. The van der Waals surface area contributed by atoms with Crippen LogP contribution in [0.3, 0.4) is 0 Å². The van der Waals surface area contributed by atoms with E-state index in [1.54, 1.807) is 42.5 Å². The first-order chi connectivity index (χ1) is 11.7. The first kappa shape index (κ1) is 14.6. The number of fused-ring (bicyclic) bond motifs is 1. The zero-order valence-electron chi connectivity index (χ0n) is 13.0. The molecular weight excluding hydrogens is 301 g/mol. The summed E-state index contributed by atoms with van der Waals surface area (Å²) in [5, 5.41) is 0. The molecule has 0 saturated heterocycles. The van der Waals surface area contributed by atoms with E-state index in [0.717, 1.165) is 5.56 Å². The fraction of sp³-hybridized carbons (Fsp3) is 0.0952. The van der Waals surface area contributed by atoms with Gasteiger partial charge in [0.1, 0.15) is 0 Å². The molecule has 1 aliphatic heterocycles. The van der Waals surface area contributed by atoms with Gasteiger partial charge in [-0.3, -0.25) is 4.79 Å². The van der Waals surface area contributed by atoms with Crippen LogP contribution in [0.25, 0.3) is 0 Å². The first-order valence-corrected chi connectivity index (χ1v) is 7.91. The second kappa shape index (κ2) is 5.60. The van der Waals surface area contributed by atoms with E-state index in [9.17, 15) is 4.79 Å². The van der Waals surface area contributed by atoms with E-state index in [0.29, 0.717) is 23.4 Å². The fourth-order valence-corrected chi connectivity index (χ4v) is 3.28. The second-order valence-corrected chi connectivity index (χ2v) is 5.92. The van der Waals surface area contributed by atoms with Crippen LogP contribution in [-0.2, 0) is 17.0 Å². The van der Waals surface area contributed by atoms with E-state index in [4.69, 9.17) is 0 Å². The summed E-state index contributed by atoms with van der Waals surface area (Å²) in [6.07, 6.45) is 0. The molecular formula is C21H16FNO. The summed E-state index contributed by atoms with van der Waals surface area (Å²) >= 11 is 0. The van der Waals surface area contributed by atoms with Gasteiger partial charge in [-0.2, -0.15) is 0 Å². The van der Waals surface area contributed by atoms with Crippen LogP contribution in [0.5, 0.6) is 0 Å². The predicted molar refractivity (Wildman–Crippen MR) is 92.4 cm³/mol. The number of hydrogen-bond acceptors (Lipinski definition) is 1. The number of benzene rings is 3. The smallest absolute Gasteiger partial charge is 0.274 e. The van der Waals surface area contributed by atoms with Gasteiger partial charge in [0.2, 0.25) is 5.67 Å². The Hall–Kier alpha value is -2.94. The summed E-state index contributed by atoms with van der Waals surface area (Å²) in [6, 6.07) is 25.4. The molecule has 0 N–H and O–H groups in total. The van der Waals surface area contributed by atoms with Crippen LogP contribution >= 0.6 is 0 Å². The Morgan fingerprint density at radius 3 is 2.08 bits per heavy atom. The van der Waals surface area contributed by atoms with Gasteiger partial charge in [0.15, 0.2) is 0 Å². The lowest BCUT2D eigenvalue weighted by molar-refractivity contribution is -0.127. The molecule has 0 spiro atoms. The molecule has 1 amide bonds. The highest BCUT2D eigenvalue weighted by molar-refractivity contribution is 6.09. The Morgan fingerprint density at radius 1 is 0.792 bits per heavy atom. The highest BCUT2D eigenvalue weighted by Crippen LogP contribution is 2.47. The molecule has 0 radical (unpaired) electrons. The second-order valence-electron chi connectivity index (χ2n) is 5.92. The van der Waals surface area contributed by atoms with Crippen LogP contribution in [0.15, 0.2) is 84.9 Å². The van der Waals surface area contributed by atoms with Gasteiger partial charge in [0.25, 0.3) is 5.91 Å². The number of carbonyl (C=O) groups is 1. The lowest BCUT2D eigenvalue weighted by Crippen LogP contribution is -2.37. The van der Waals surface area contributed by atoms with Crippen molar-refractivity contribution in [2.45, 2.75) is 12.2 Å². The van der Waals surface area contributed by atoms with E-state index in [1.807, 2.05) is 42.5 Å². The molecule has 0 aromatic heterocycles. The van der Waals surface area contributed by atoms with Crippen molar-refractivity contribution in [3.63, 3.8) is 0 Å². The molecule has 4 rings (SSSR count). The molecule has 0 bridgehead atoms. The molecule has 3 heteroatoms. The highest BCUT2D eigenvalue weighted by Gasteiger charge is 2.52. The lowest BCUT2D eigenvalue weighted by atomic mass is 9.89. The number of hydrogen-bond donors (Lipinski definition) is 0. The van der Waals surface area contributed by atoms with Crippen molar-refractivity contribution in [1.29, 1.82) is 0 Å². The predicted octanol–water partition coefficient (Wildman–Crippen LogP) is 4.45. The van der Waals surface area contributed by atoms with E-state index < -0.39 is 11.6 Å². The summed E-state index contributed by atoms with van der Waals surface area (Å²) in [4.78, 5) is 14.6. The Kier molecular flexibility index (Phi) is 3.42. The van der Waals surface area contributed by atoms with Gasteiger partial charge in [-0.25, -0.2) is 4.39 Å². The fourth-order valence-electron chi connectivity index (χ4n) is 3.28. The zero-order chi connectivity index (χ0) is 16.6. The molecule has 0 aliphatic carbocycles. The average molecular weight is 317 g/mol. The number of anilines is 1. The van der Waals surface area contributed by atoms with Gasteiger partial charge >= 0.3 is 0 Å². The van der Waals surface area contributed by atoms with Crippen LogP contribution in [0.1, 0.15) is 16.7 Å². The molecule has 3 aromatic rings. The van der Waals surface area contributed by atoms with Crippen LogP contribution in [-0.4, -0.2) is 5.91 Å². The molecule has 1 unspecified atom stereocenters. The van der Waals surface area contributed by atoms with Crippen LogP contribution in [0, 0.1) is 0 Å². The summed E-state index contributed by atoms with van der Waals surface area (Å²) < 4.78 is 16.0. The minimum atomic E-state index is -2.13. The molecule has 0 fully saturated rings. The van der Waals surface area contributed by atoms with Crippen molar-refractivity contribution in [3.05, 3.63) is 102 Å². The Balaban J connectivity index is 1.83. The summed E-state index contributed by atoms with van der Waals surface area (Å²) in [7, 11) is 0. The normalized spacial score (nSPS) is 19.4. The molecule has 1 atom stereocenters. The van der Waals surface area contributed by atoms with Crippen molar-refractivity contribution in [1.82, 2.24) is 0 Å². The Bertz CT molecular complexity index is 879. The number of rotatable bonds is 3. The average Bonchev–Trinajstić information content (AvgIpc) is 2.87. The maximum atomic E-state index is 16.0. The van der Waals surface area contributed by atoms with Gasteiger partial charge in [-0.15, -0.1) is 0 Å². The molecule has 0 saturated carbocycles. The van der Waals surface area contributed by atoms with Gasteiger partial charge in [-0.05, 0) is 11.6 Å². The number of amides is 1. The maximum absolute atomic E-state index is 16.0. The number of halogens is 1. The van der Waals surface area contributed by atoms with E-state index in [1.165, 1.54) is 4.90 Å². The number of para-hydroxylation sites is 1. The quantitative estimate of drug-likeness (QED) is 0.699. The van der Waals surface area contributed by atoms with Gasteiger partial charge in [0.05, 0.1) is 12.2 Å². The largest absolute Gasteiger partial charge is 0.304 e. The molecule has 1 heterocycles. The third kappa shape index (κ3) is 2.13.